The molecule has 8 heteroatoms. The molecule has 0 spiro atoms. The predicted molar refractivity (Wildman–Crippen MR) is 116 cm³/mol. The van der Waals surface area contributed by atoms with E-state index in [0.29, 0.717) is 37.4 Å². The molecular weight excluding hydrogens is 396 g/mol. The zero-order valence-electron chi connectivity index (χ0n) is 17.3. The second-order valence-electron chi connectivity index (χ2n) is 8.17. The standard InChI is InChI=1S/C23H24N4O4/c1-15-6-7-19-20(12-15)31-14-22(29)26(19)13-21(28)25-10-8-16(9-11-25)27-18-5-3-2-4-17(18)24-23(27)30/h2-7,12,16H,8-11,13-14H2,1H3,(H,24,30). The maximum Gasteiger partial charge on any atom is 0.326 e. The van der Waals surface area contributed by atoms with Gasteiger partial charge < -0.3 is 14.6 Å². The van der Waals surface area contributed by atoms with Gasteiger partial charge in [-0.3, -0.25) is 19.1 Å². The monoisotopic (exact) mass is 420 g/mol. The summed E-state index contributed by atoms with van der Waals surface area (Å²) in [6.07, 6.45) is 1.39. The number of anilines is 1. The Morgan fingerprint density at radius 2 is 1.90 bits per heavy atom. The van der Waals surface area contributed by atoms with E-state index >= 15 is 0 Å². The van der Waals surface area contributed by atoms with Crippen molar-refractivity contribution in [3.8, 4) is 5.75 Å². The number of nitrogens with one attached hydrogen (secondary N) is 1. The topological polar surface area (TPSA) is 87.6 Å². The quantitative estimate of drug-likeness (QED) is 0.704. The Morgan fingerprint density at radius 3 is 2.71 bits per heavy atom. The average molecular weight is 420 g/mol. The molecule has 1 N–H and O–H groups in total. The molecular formula is C23H24N4O4. The molecule has 1 fully saturated rings. The number of carbonyl (C=O) groups is 2. The van der Waals surface area contributed by atoms with Crippen LogP contribution < -0.4 is 15.3 Å². The number of hydrogen-bond acceptors (Lipinski definition) is 4. The SMILES string of the molecule is Cc1ccc2c(c1)OCC(=O)N2CC(=O)N1CCC(n2c(=O)[nH]c3ccccc32)CC1. The number of aromatic amines is 1. The van der Waals surface area contributed by atoms with Crippen molar-refractivity contribution in [3.05, 3.63) is 58.5 Å². The van der Waals surface area contributed by atoms with Crippen molar-refractivity contribution < 1.29 is 14.3 Å². The largest absolute Gasteiger partial charge is 0.482 e. The zero-order valence-corrected chi connectivity index (χ0v) is 17.3. The highest BCUT2D eigenvalue weighted by Crippen LogP contribution is 2.33. The number of benzene rings is 2. The summed E-state index contributed by atoms with van der Waals surface area (Å²) in [5.74, 6) is 0.321. The number of nitrogens with zero attached hydrogens (tertiary/aromatic N) is 3. The van der Waals surface area contributed by atoms with Gasteiger partial charge in [-0.25, -0.2) is 4.79 Å². The van der Waals surface area contributed by atoms with Gasteiger partial charge in [0.05, 0.1) is 16.7 Å². The molecule has 2 aromatic carbocycles. The van der Waals surface area contributed by atoms with Gasteiger partial charge in [-0.05, 0) is 49.6 Å². The van der Waals surface area contributed by atoms with Crippen LogP contribution in [0.4, 0.5) is 5.69 Å². The van der Waals surface area contributed by atoms with Crippen molar-refractivity contribution in [1.82, 2.24) is 14.5 Å². The van der Waals surface area contributed by atoms with Gasteiger partial charge in [0.25, 0.3) is 5.91 Å². The van der Waals surface area contributed by atoms with Gasteiger partial charge in [0.2, 0.25) is 5.91 Å². The number of amides is 2. The number of ether oxygens (including phenoxy) is 1. The van der Waals surface area contributed by atoms with Gasteiger partial charge in [0.15, 0.2) is 6.61 Å². The Bertz CT molecular complexity index is 1220. The van der Waals surface area contributed by atoms with Crippen molar-refractivity contribution in [1.29, 1.82) is 0 Å². The number of rotatable bonds is 3. The minimum Gasteiger partial charge on any atom is -0.482 e. The summed E-state index contributed by atoms with van der Waals surface area (Å²) in [4.78, 5) is 44.1. The van der Waals surface area contributed by atoms with Crippen LogP contribution in [0.25, 0.3) is 11.0 Å². The van der Waals surface area contributed by atoms with Crippen molar-refractivity contribution in [3.63, 3.8) is 0 Å². The summed E-state index contributed by atoms with van der Waals surface area (Å²) in [6.45, 7) is 2.99. The third-order valence-corrected chi connectivity index (χ3v) is 6.16. The normalized spacial score (nSPS) is 17.0. The first-order valence-electron chi connectivity index (χ1n) is 10.5. The third-order valence-electron chi connectivity index (χ3n) is 6.16. The van der Waals surface area contributed by atoms with E-state index in [2.05, 4.69) is 4.98 Å². The number of aromatic nitrogens is 2. The Kier molecular flexibility index (Phi) is 4.77. The maximum atomic E-state index is 13.0. The van der Waals surface area contributed by atoms with E-state index in [-0.39, 0.29) is 36.7 Å². The van der Waals surface area contributed by atoms with Crippen LogP contribution >= 0.6 is 0 Å². The zero-order chi connectivity index (χ0) is 21.5. The molecule has 3 heterocycles. The number of H-pyrrole nitrogens is 1. The van der Waals surface area contributed by atoms with Gasteiger partial charge in [0, 0.05) is 19.1 Å². The molecule has 3 aromatic rings. The van der Waals surface area contributed by atoms with Crippen LogP contribution in [0.1, 0.15) is 24.4 Å². The molecule has 1 saturated heterocycles. The second kappa shape index (κ2) is 7.61. The lowest BCUT2D eigenvalue weighted by Crippen LogP contribution is -2.48. The Morgan fingerprint density at radius 1 is 1.13 bits per heavy atom. The Balaban J connectivity index is 1.28. The third kappa shape index (κ3) is 3.48. The molecule has 160 valence electrons. The van der Waals surface area contributed by atoms with E-state index < -0.39 is 0 Å². The van der Waals surface area contributed by atoms with Crippen LogP contribution in [0.5, 0.6) is 5.75 Å². The first kappa shape index (κ1) is 19.4. The minimum atomic E-state index is -0.218. The lowest BCUT2D eigenvalue weighted by molar-refractivity contribution is -0.133. The minimum absolute atomic E-state index is 0.00401. The van der Waals surface area contributed by atoms with E-state index in [0.717, 1.165) is 16.6 Å². The molecule has 0 aliphatic carbocycles. The van der Waals surface area contributed by atoms with Crippen LogP contribution in [0.3, 0.4) is 0 Å². The van der Waals surface area contributed by atoms with Crippen LogP contribution in [0.15, 0.2) is 47.3 Å². The van der Waals surface area contributed by atoms with Gasteiger partial charge in [0.1, 0.15) is 12.3 Å². The summed E-state index contributed by atoms with van der Waals surface area (Å²) in [5, 5.41) is 0. The number of carbonyl (C=O) groups excluding carboxylic acids is 2. The molecule has 31 heavy (non-hydrogen) atoms. The summed E-state index contributed by atoms with van der Waals surface area (Å²) in [7, 11) is 0. The number of likely N-dealkylation sites (tertiary alicyclic amines) is 1. The van der Waals surface area contributed by atoms with Crippen molar-refractivity contribution >= 4 is 28.5 Å². The fourth-order valence-corrected chi connectivity index (χ4v) is 4.53. The molecule has 5 rings (SSSR count). The van der Waals surface area contributed by atoms with E-state index in [1.165, 1.54) is 4.90 Å². The van der Waals surface area contributed by atoms with Gasteiger partial charge in [-0.2, -0.15) is 0 Å². The van der Waals surface area contributed by atoms with Crippen molar-refractivity contribution in [2.75, 3.05) is 31.1 Å². The fourth-order valence-electron chi connectivity index (χ4n) is 4.53. The van der Waals surface area contributed by atoms with E-state index in [1.807, 2.05) is 49.4 Å². The van der Waals surface area contributed by atoms with Crippen LogP contribution in [-0.2, 0) is 9.59 Å². The molecule has 0 unspecified atom stereocenters. The first-order valence-corrected chi connectivity index (χ1v) is 10.5. The number of piperidine rings is 1. The van der Waals surface area contributed by atoms with E-state index in [1.54, 1.807) is 9.47 Å². The van der Waals surface area contributed by atoms with Crippen molar-refractivity contribution in [2.24, 2.45) is 0 Å². The number of hydrogen-bond donors (Lipinski definition) is 1. The molecule has 0 bridgehead atoms. The number of para-hydroxylation sites is 2. The number of imidazole rings is 1. The Labute approximate surface area is 179 Å². The average Bonchev–Trinajstić information content (AvgIpc) is 3.11. The predicted octanol–water partition coefficient (Wildman–Crippen LogP) is 2.23. The van der Waals surface area contributed by atoms with E-state index in [4.69, 9.17) is 4.74 Å². The smallest absolute Gasteiger partial charge is 0.326 e. The van der Waals surface area contributed by atoms with Crippen LogP contribution in [0.2, 0.25) is 0 Å². The Hall–Kier alpha value is -3.55. The van der Waals surface area contributed by atoms with Gasteiger partial charge in [-0.1, -0.05) is 18.2 Å². The highest BCUT2D eigenvalue weighted by atomic mass is 16.5. The van der Waals surface area contributed by atoms with E-state index in [9.17, 15) is 14.4 Å². The molecule has 0 atom stereocenters. The maximum absolute atomic E-state index is 13.0. The van der Waals surface area contributed by atoms with Gasteiger partial charge in [-0.15, -0.1) is 0 Å². The van der Waals surface area contributed by atoms with Gasteiger partial charge >= 0.3 is 5.69 Å². The lowest BCUT2D eigenvalue weighted by atomic mass is 10.0. The molecule has 0 radical (unpaired) electrons. The molecule has 1 aromatic heterocycles. The number of fused-ring (bicyclic) bond motifs is 2. The summed E-state index contributed by atoms with van der Waals surface area (Å²) in [6, 6.07) is 13.3. The molecule has 2 aliphatic heterocycles. The van der Waals surface area contributed by atoms with Crippen molar-refractivity contribution in [2.45, 2.75) is 25.8 Å². The summed E-state index contributed by atoms with van der Waals surface area (Å²) in [5.41, 5.74) is 3.27. The molecule has 8 nitrogen and oxygen atoms in total. The highest BCUT2D eigenvalue weighted by Gasteiger charge is 2.31. The highest BCUT2D eigenvalue weighted by molar-refractivity contribution is 6.02. The second-order valence-corrected chi connectivity index (χ2v) is 8.17. The summed E-state index contributed by atoms with van der Waals surface area (Å²) < 4.78 is 7.33. The first-order chi connectivity index (χ1) is 15.0. The molecule has 2 amide bonds. The fraction of sp³-hybridized carbons (Fsp3) is 0.348. The summed E-state index contributed by atoms with van der Waals surface area (Å²) >= 11 is 0. The van der Waals surface area contributed by atoms with Crippen LogP contribution in [-0.4, -0.2) is 52.5 Å². The number of aryl methyl sites for hydroxylation is 1. The molecule has 2 aliphatic rings. The molecule has 0 saturated carbocycles. The lowest BCUT2D eigenvalue weighted by Gasteiger charge is -2.35. The van der Waals surface area contributed by atoms with Crippen LogP contribution in [0, 0.1) is 6.92 Å².